The van der Waals surface area contributed by atoms with E-state index in [1.54, 1.807) is 30.3 Å². The van der Waals surface area contributed by atoms with Crippen molar-refractivity contribution in [2.24, 2.45) is 0 Å². The molecule has 0 fully saturated rings. The zero-order chi connectivity index (χ0) is 25.0. The van der Waals surface area contributed by atoms with Crippen LogP contribution in [0.4, 0.5) is 0 Å². The molecule has 0 saturated heterocycles. The molecule has 0 aliphatic rings. The molecule has 1 aromatic heterocycles. The van der Waals surface area contributed by atoms with Crippen molar-refractivity contribution in [3.05, 3.63) is 41.0 Å². The summed E-state index contributed by atoms with van der Waals surface area (Å²) in [5, 5.41) is 0.581. The van der Waals surface area contributed by atoms with Crippen molar-refractivity contribution in [3.8, 4) is 11.4 Å². The first-order chi connectivity index (χ1) is 16.3. The Morgan fingerprint density at radius 1 is 0.941 bits per heavy atom. The van der Waals surface area contributed by atoms with E-state index in [0.29, 0.717) is 40.2 Å². The highest BCUT2D eigenvalue weighted by molar-refractivity contribution is 8.89. The molecule has 1 aromatic carbocycles. The topological polar surface area (TPSA) is 87.6 Å². The third-order valence-corrected chi connectivity index (χ3v) is 15.3. The van der Waals surface area contributed by atoms with Gasteiger partial charge in [-0.05, 0) is 43.7 Å². The highest BCUT2D eigenvalue weighted by Gasteiger charge is 2.33. The number of benzene rings is 1. The van der Waals surface area contributed by atoms with Gasteiger partial charge in [0.1, 0.15) is 0 Å². The first-order valence-corrected chi connectivity index (χ1v) is 19.2. The molecule has 1 atom stereocenters. The predicted octanol–water partition coefficient (Wildman–Crippen LogP) is 8.51. The summed E-state index contributed by atoms with van der Waals surface area (Å²) in [5.74, 6) is -0.419. The van der Waals surface area contributed by atoms with Crippen LogP contribution in [0.1, 0.15) is 39.8 Å². The van der Waals surface area contributed by atoms with Crippen molar-refractivity contribution in [1.82, 2.24) is 9.97 Å². The fourth-order valence-electron chi connectivity index (χ4n) is 2.38. The van der Waals surface area contributed by atoms with Gasteiger partial charge in [0.2, 0.25) is 0 Å². The largest absolute Gasteiger partial charge is 0.401 e. The van der Waals surface area contributed by atoms with Crippen LogP contribution in [-0.2, 0) is 27.3 Å². The first-order valence-electron chi connectivity index (χ1n) is 10.7. The standard InChI is InChI=1S/C20H29ClN2O5P2S4/c1-5-13-33-30(25,26-6-2)34-15-18-14-19(29(24,27-31-7-3)28-32-8-4)23-20(22-18)16-9-11-17(21)12-10-16/h9-12,14H,5-8,13,15H2,1-4H3. The third-order valence-electron chi connectivity index (χ3n) is 3.80. The Morgan fingerprint density at radius 2 is 1.59 bits per heavy atom. The minimum Gasteiger partial charge on any atom is -0.314 e. The second-order valence-corrected chi connectivity index (χ2v) is 18.7. The summed E-state index contributed by atoms with van der Waals surface area (Å²) >= 11 is 10.7. The van der Waals surface area contributed by atoms with Gasteiger partial charge in [-0.2, -0.15) is 0 Å². The van der Waals surface area contributed by atoms with Gasteiger partial charge in [0.05, 0.1) is 12.3 Å². The molecule has 0 N–H and O–H groups in total. The molecule has 2 rings (SSSR count). The van der Waals surface area contributed by atoms with Gasteiger partial charge in [0.25, 0.3) is 0 Å². The SMILES string of the molecule is CCCSP(=O)(OCC)SCc1cc(P(=O)(OSCC)OSCC)nc(-c2ccc(Cl)cc2)n1. The molecule has 0 aliphatic heterocycles. The fraction of sp³-hybridized carbons (Fsp3) is 0.500. The Hall–Kier alpha value is 0.330. The molecule has 14 heteroatoms. The van der Waals surface area contributed by atoms with E-state index in [9.17, 15) is 9.13 Å². The molecule has 0 radical (unpaired) electrons. The summed E-state index contributed by atoms with van der Waals surface area (Å²) in [5.41, 5.74) is 1.40. The second-order valence-electron chi connectivity index (χ2n) is 6.48. The number of rotatable bonds is 16. The molecular formula is C20H29ClN2O5P2S4. The molecule has 7 nitrogen and oxygen atoms in total. The number of nitrogens with zero attached hydrogens (tertiary/aromatic N) is 2. The van der Waals surface area contributed by atoms with Crippen LogP contribution in [0.15, 0.2) is 30.3 Å². The van der Waals surface area contributed by atoms with Gasteiger partial charge in [-0.1, -0.05) is 55.1 Å². The van der Waals surface area contributed by atoms with Gasteiger partial charge in [-0.3, -0.25) is 9.13 Å². The van der Waals surface area contributed by atoms with Gasteiger partial charge >= 0.3 is 13.4 Å². The lowest BCUT2D eigenvalue weighted by atomic mass is 10.2. The van der Waals surface area contributed by atoms with Crippen molar-refractivity contribution in [2.45, 2.75) is 39.9 Å². The van der Waals surface area contributed by atoms with E-state index < -0.39 is 13.4 Å². The summed E-state index contributed by atoms with van der Waals surface area (Å²) in [6.07, 6.45) is 0.892. The van der Waals surface area contributed by atoms with E-state index in [1.165, 1.54) is 22.8 Å². The molecule has 2 aromatic rings. The summed E-state index contributed by atoms with van der Waals surface area (Å²) in [6.45, 7) is 7.99. The smallest absolute Gasteiger partial charge is 0.314 e. The zero-order valence-corrected chi connectivity index (χ0v) is 25.3. The number of hydrogen-bond acceptors (Lipinski definition) is 11. The first kappa shape index (κ1) is 30.6. The Morgan fingerprint density at radius 3 is 2.15 bits per heavy atom. The lowest BCUT2D eigenvalue weighted by molar-refractivity contribution is 0.357. The van der Waals surface area contributed by atoms with E-state index in [2.05, 4.69) is 9.97 Å². The number of hydrogen-bond donors (Lipinski definition) is 0. The van der Waals surface area contributed by atoms with Crippen LogP contribution < -0.4 is 5.44 Å². The molecule has 190 valence electrons. The lowest BCUT2D eigenvalue weighted by Crippen LogP contribution is -2.15. The number of halogens is 1. The van der Waals surface area contributed by atoms with Crippen LogP contribution in [0.25, 0.3) is 11.4 Å². The maximum absolute atomic E-state index is 13.7. The average molecular weight is 603 g/mol. The molecule has 0 spiro atoms. The Bertz CT molecular complexity index is 991. The van der Waals surface area contributed by atoms with Crippen LogP contribution in [0.2, 0.25) is 5.02 Å². The minimum absolute atomic E-state index is 0.150. The molecule has 1 unspecified atom stereocenters. The van der Waals surface area contributed by atoms with Crippen LogP contribution in [0, 0.1) is 0 Å². The van der Waals surface area contributed by atoms with Crippen molar-refractivity contribution in [2.75, 3.05) is 23.9 Å². The van der Waals surface area contributed by atoms with Gasteiger partial charge in [-0.15, -0.1) is 0 Å². The second kappa shape index (κ2) is 15.6. The molecule has 0 amide bonds. The Kier molecular flexibility index (Phi) is 14.0. The monoisotopic (exact) mass is 602 g/mol. The molecule has 0 aliphatic carbocycles. The molecule has 0 saturated carbocycles. The van der Waals surface area contributed by atoms with E-state index in [0.717, 1.165) is 36.3 Å². The van der Waals surface area contributed by atoms with Crippen molar-refractivity contribution in [3.63, 3.8) is 0 Å². The summed E-state index contributed by atoms with van der Waals surface area (Å²) in [6, 6.07) is 8.64. The zero-order valence-electron chi connectivity index (χ0n) is 19.5. The highest BCUT2D eigenvalue weighted by atomic mass is 35.5. The van der Waals surface area contributed by atoms with Crippen LogP contribution in [-0.4, -0.2) is 33.8 Å². The summed E-state index contributed by atoms with van der Waals surface area (Å²) in [7, 11) is -3.75. The quantitative estimate of drug-likeness (QED) is 0.137. The normalized spacial score (nSPS) is 13.7. The maximum atomic E-state index is 13.7. The van der Waals surface area contributed by atoms with Gasteiger partial charge < -0.3 is 4.52 Å². The van der Waals surface area contributed by atoms with Crippen molar-refractivity contribution >= 4 is 77.3 Å². The molecule has 1 heterocycles. The van der Waals surface area contributed by atoms with Crippen molar-refractivity contribution < 1.29 is 21.6 Å². The molecule has 0 bridgehead atoms. The van der Waals surface area contributed by atoms with E-state index in [1.807, 2.05) is 27.7 Å². The Balaban J connectivity index is 2.48. The average Bonchev–Trinajstić information content (AvgIpc) is 2.84. The molecular weight excluding hydrogens is 574 g/mol. The Labute approximate surface area is 223 Å². The fourth-order valence-corrected chi connectivity index (χ4v) is 12.5. The van der Waals surface area contributed by atoms with Crippen LogP contribution in [0.3, 0.4) is 0 Å². The van der Waals surface area contributed by atoms with Gasteiger partial charge in [-0.25, -0.2) is 17.9 Å². The van der Waals surface area contributed by atoms with Gasteiger partial charge in [0.15, 0.2) is 11.3 Å². The predicted molar refractivity (Wildman–Crippen MR) is 151 cm³/mol. The molecule has 34 heavy (non-hydrogen) atoms. The van der Waals surface area contributed by atoms with E-state index in [4.69, 9.17) is 24.1 Å². The third kappa shape index (κ3) is 9.66. The lowest BCUT2D eigenvalue weighted by Gasteiger charge is -2.18. The van der Waals surface area contributed by atoms with Gasteiger partial charge in [0, 0.05) is 57.7 Å². The maximum Gasteiger partial charge on any atom is 0.401 e. The van der Waals surface area contributed by atoms with E-state index >= 15 is 0 Å². The summed E-state index contributed by atoms with van der Waals surface area (Å²) < 4.78 is 43.7. The highest BCUT2D eigenvalue weighted by Crippen LogP contribution is 2.70. The minimum atomic E-state index is -3.75. The van der Waals surface area contributed by atoms with Crippen LogP contribution >= 0.6 is 71.8 Å². The van der Waals surface area contributed by atoms with Crippen molar-refractivity contribution in [1.29, 1.82) is 0 Å². The van der Waals surface area contributed by atoms with E-state index in [-0.39, 0.29) is 11.2 Å². The van der Waals surface area contributed by atoms with Crippen LogP contribution in [0.5, 0.6) is 0 Å². The summed E-state index contributed by atoms with van der Waals surface area (Å²) in [4.78, 5) is 9.18. The number of aromatic nitrogens is 2.